The highest BCUT2D eigenvalue weighted by atomic mass is 32.2. The maximum absolute atomic E-state index is 12.1. The number of ether oxygens (including phenoxy) is 1. The minimum atomic E-state index is -3.31. The Hall–Kier alpha value is -2.42. The molecule has 1 aliphatic heterocycles. The van der Waals surface area contributed by atoms with Gasteiger partial charge in [-0.05, 0) is 31.0 Å². The molecule has 0 unspecified atom stereocenters. The third-order valence-corrected chi connectivity index (χ3v) is 5.03. The number of pyridine rings is 1. The van der Waals surface area contributed by atoms with E-state index in [4.69, 9.17) is 4.74 Å². The van der Waals surface area contributed by atoms with Crippen LogP contribution in [0.2, 0.25) is 0 Å². The Morgan fingerprint density at radius 3 is 2.88 bits per heavy atom. The van der Waals surface area contributed by atoms with Crippen molar-refractivity contribution in [2.45, 2.75) is 12.8 Å². The molecule has 1 amide bonds. The summed E-state index contributed by atoms with van der Waals surface area (Å²) in [4.78, 5) is 18.0. The van der Waals surface area contributed by atoms with Gasteiger partial charge in [-0.1, -0.05) is 0 Å². The van der Waals surface area contributed by atoms with E-state index in [1.54, 1.807) is 17.3 Å². The summed E-state index contributed by atoms with van der Waals surface area (Å²) in [5, 5.41) is 6.75. The summed E-state index contributed by atoms with van der Waals surface area (Å²) in [6.45, 7) is 1.59. The molecule has 0 aliphatic carbocycles. The van der Waals surface area contributed by atoms with Gasteiger partial charge in [-0.15, -0.1) is 0 Å². The lowest BCUT2D eigenvalue weighted by Crippen LogP contribution is -2.43. The normalized spacial score (nSPS) is 17.9. The number of aromatic nitrogens is 3. The van der Waals surface area contributed by atoms with Crippen LogP contribution in [0, 0.1) is 5.92 Å². The van der Waals surface area contributed by atoms with Crippen LogP contribution in [0.15, 0.2) is 30.6 Å². The molecule has 1 fully saturated rings. The minimum Gasteiger partial charge on any atom is -0.492 e. The Balaban J connectivity index is 1.52. The van der Waals surface area contributed by atoms with Crippen LogP contribution in [-0.4, -0.2) is 66.1 Å². The fourth-order valence-electron chi connectivity index (χ4n) is 2.98. The van der Waals surface area contributed by atoms with Gasteiger partial charge < -0.3 is 9.64 Å². The molecule has 3 rings (SSSR count). The largest absolute Gasteiger partial charge is 0.492 e. The first kappa shape index (κ1) is 18.4. The highest BCUT2D eigenvalue weighted by Gasteiger charge is 2.26. The molecule has 9 heteroatoms. The van der Waals surface area contributed by atoms with E-state index in [9.17, 15) is 13.2 Å². The van der Waals surface area contributed by atoms with E-state index in [2.05, 4.69) is 15.2 Å². The maximum atomic E-state index is 12.1. The molecule has 0 radical (unpaired) electrons. The predicted octanol–water partition coefficient (Wildman–Crippen LogP) is 1.13. The Bertz CT molecular complexity index is 834. The average molecular weight is 378 g/mol. The van der Waals surface area contributed by atoms with Crippen LogP contribution < -0.4 is 4.74 Å². The number of amides is 1. The topological polar surface area (TPSA) is 105 Å². The van der Waals surface area contributed by atoms with Crippen LogP contribution >= 0.6 is 0 Å². The second-order valence-electron chi connectivity index (χ2n) is 6.58. The average Bonchev–Trinajstić information content (AvgIpc) is 3.14. The quantitative estimate of drug-likeness (QED) is 0.808. The highest BCUT2D eigenvalue weighted by molar-refractivity contribution is 7.91. The van der Waals surface area contributed by atoms with Crippen molar-refractivity contribution in [3.63, 3.8) is 0 Å². The number of sulfone groups is 1. The van der Waals surface area contributed by atoms with Crippen molar-refractivity contribution >= 4 is 15.7 Å². The first-order valence-electron chi connectivity index (χ1n) is 8.45. The van der Waals surface area contributed by atoms with Gasteiger partial charge in [0, 0.05) is 31.5 Å². The number of likely N-dealkylation sites (tertiary alicyclic amines) is 1. The Morgan fingerprint density at radius 1 is 1.38 bits per heavy atom. The van der Waals surface area contributed by atoms with Crippen molar-refractivity contribution in [1.82, 2.24) is 20.1 Å². The van der Waals surface area contributed by atoms with Gasteiger partial charge in [-0.2, -0.15) is 5.10 Å². The molecular weight excluding hydrogens is 356 g/mol. The fourth-order valence-corrected chi connectivity index (χ4v) is 3.61. The molecule has 0 spiro atoms. The lowest BCUT2D eigenvalue weighted by Gasteiger charge is -2.32. The predicted molar refractivity (Wildman–Crippen MR) is 96.3 cm³/mol. The smallest absolute Gasteiger partial charge is 0.237 e. The molecule has 26 heavy (non-hydrogen) atoms. The summed E-state index contributed by atoms with van der Waals surface area (Å²) in [6.07, 6.45) is 6.20. The van der Waals surface area contributed by atoms with E-state index >= 15 is 0 Å². The minimum absolute atomic E-state index is 0.180. The van der Waals surface area contributed by atoms with Gasteiger partial charge in [0.1, 0.15) is 11.5 Å². The van der Waals surface area contributed by atoms with E-state index in [1.165, 1.54) is 0 Å². The summed E-state index contributed by atoms with van der Waals surface area (Å²) in [7, 11) is -3.31. The first-order chi connectivity index (χ1) is 12.4. The number of nitrogens with zero attached hydrogens (tertiary/aromatic N) is 3. The highest BCUT2D eigenvalue weighted by Crippen LogP contribution is 2.20. The van der Waals surface area contributed by atoms with E-state index in [1.807, 2.05) is 18.2 Å². The number of H-pyrrole nitrogens is 1. The second-order valence-corrected chi connectivity index (χ2v) is 8.72. The van der Waals surface area contributed by atoms with Crippen molar-refractivity contribution in [2.75, 3.05) is 31.7 Å². The van der Waals surface area contributed by atoms with Crippen molar-refractivity contribution in [2.24, 2.45) is 5.92 Å². The molecule has 0 saturated carbocycles. The number of nitrogens with one attached hydrogen (secondary N) is 1. The summed E-state index contributed by atoms with van der Waals surface area (Å²) >= 11 is 0. The van der Waals surface area contributed by atoms with Gasteiger partial charge in [0.2, 0.25) is 5.91 Å². The molecule has 1 N–H and O–H groups in total. The number of hydrogen-bond acceptors (Lipinski definition) is 6. The fraction of sp³-hybridized carbons (Fsp3) is 0.471. The molecule has 1 atom stereocenters. The van der Waals surface area contributed by atoms with E-state index in [-0.39, 0.29) is 11.8 Å². The SMILES string of the molecule is CS(=O)(=O)CC(=O)N1CCC[C@@H](COc2ccc(-c3ccn[nH]3)nc2)C1. The standard InChI is InChI=1S/C17H22N4O4S/c1-26(23,24)12-17(22)21-8-2-3-13(10-21)11-25-14-4-5-15(18-9-14)16-6-7-19-20-16/h4-7,9,13H,2-3,8,10-12H2,1H3,(H,19,20)/t13-/m1/s1. The Morgan fingerprint density at radius 2 is 2.23 bits per heavy atom. The zero-order valence-electron chi connectivity index (χ0n) is 14.6. The molecule has 3 heterocycles. The van der Waals surface area contributed by atoms with Crippen LogP contribution in [-0.2, 0) is 14.6 Å². The van der Waals surface area contributed by atoms with Gasteiger partial charge >= 0.3 is 0 Å². The molecule has 140 valence electrons. The molecule has 2 aromatic rings. The van der Waals surface area contributed by atoms with Crippen LogP contribution in [0.3, 0.4) is 0 Å². The third kappa shape index (κ3) is 5.04. The van der Waals surface area contributed by atoms with E-state index in [0.717, 1.165) is 30.5 Å². The number of aromatic amines is 1. The number of carbonyl (C=O) groups is 1. The summed E-state index contributed by atoms with van der Waals surface area (Å²) in [5.41, 5.74) is 1.62. The maximum Gasteiger partial charge on any atom is 0.237 e. The van der Waals surface area contributed by atoms with Crippen LogP contribution in [0.1, 0.15) is 12.8 Å². The number of hydrogen-bond donors (Lipinski definition) is 1. The number of carbonyl (C=O) groups excluding carboxylic acids is 1. The van der Waals surface area contributed by atoms with Crippen LogP contribution in [0.4, 0.5) is 0 Å². The molecule has 1 aliphatic rings. The van der Waals surface area contributed by atoms with Gasteiger partial charge in [0.15, 0.2) is 9.84 Å². The van der Waals surface area contributed by atoms with Gasteiger partial charge in [0.25, 0.3) is 0 Å². The van der Waals surface area contributed by atoms with Crippen LogP contribution in [0.5, 0.6) is 5.75 Å². The zero-order chi connectivity index (χ0) is 18.6. The van der Waals surface area contributed by atoms with Crippen molar-refractivity contribution in [3.8, 4) is 17.1 Å². The molecule has 0 bridgehead atoms. The van der Waals surface area contributed by atoms with Gasteiger partial charge in [0.05, 0.1) is 24.2 Å². The van der Waals surface area contributed by atoms with Crippen molar-refractivity contribution in [1.29, 1.82) is 0 Å². The second kappa shape index (κ2) is 7.86. The molecule has 8 nitrogen and oxygen atoms in total. The lowest BCUT2D eigenvalue weighted by atomic mass is 9.99. The summed E-state index contributed by atoms with van der Waals surface area (Å²) in [5.74, 6) is 0.0784. The zero-order valence-corrected chi connectivity index (χ0v) is 15.4. The number of rotatable bonds is 6. The summed E-state index contributed by atoms with van der Waals surface area (Å²) < 4.78 is 28.4. The molecule has 1 saturated heterocycles. The third-order valence-electron chi connectivity index (χ3n) is 4.26. The van der Waals surface area contributed by atoms with E-state index in [0.29, 0.717) is 25.4 Å². The van der Waals surface area contributed by atoms with Gasteiger partial charge in [-0.3, -0.25) is 14.9 Å². The van der Waals surface area contributed by atoms with Crippen molar-refractivity contribution < 1.29 is 17.9 Å². The summed E-state index contributed by atoms with van der Waals surface area (Å²) in [6, 6.07) is 5.54. The first-order valence-corrected chi connectivity index (χ1v) is 10.5. The molecule has 0 aromatic carbocycles. The van der Waals surface area contributed by atoms with Crippen molar-refractivity contribution in [3.05, 3.63) is 30.6 Å². The lowest BCUT2D eigenvalue weighted by molar-refractivity contribution is -0.130. The van der Waals surface area contributed by atoms with E-state index < -0.39 is 15.6 Å². The Kier molecular flexibility index (Phi) is 5.55. The number of piperidine rings is 1. The van der Waals surface area contributed by atoms with Gasteiger partial charge in [-0.25, -0.2) is 8.42 Å². The Labute approximate surface area is 152 Å². The molecule has 2 aromatic heterocycles. The van der Waals surface area contributed by atoms with Crippen LogP contribution in [0.25, 0.3) is 11.4 Å². The molecular formula is C17H22N4O4S. The monoisotopic (exact) mass is 378 g/mol.